The summed E-state index contributed by atoms with van der Waals surface area (Å²) < 4.78 is 18.6. The fraction of sp³-hybridized carbons (Fsp3) is 0.556. The van der Waals surface area contributed by atoms with Crippen molar-refractivity contribution in [2.24, 2.45) is 0 Å². The van der Waals surface area contributed by atoms with Crippen LogP contribution in [0.15, 0.2) is 91.0 Å². The van der Waals surface area contributed by atoms with Gasteiger partial charge in [-0.15, -0.1) is 0 Å². The maximum Gasteiger partial charge on any atom is 0.123 e. The lowest BCUT2D eigenvalue weighted by atomic mass is 9.99. The molecule has 0 unspecified atom stereocenters. The summed E-state index contributed by atoms with van der Waals surface area (Å²) in [6.07, 6.45) is 30.2. The molecule has 0 bridgehead atoms. The highest BCUT2D eigenvalue weighted by Crippen LogP contribution is 2.31. The van der Waals surface area contributed by atoms with Gasteiger partial charge in [0.2, 0.25) is 0 Å². The summed E-state index contributed by atoms with van der Waals surface area (Å²) in [5.41, 5.74) is 7.77. The molecule has 0 aliphatic rings. The molecule has 4 rings (SSSR count). The predicted octanol–water partition coefficient (Wildman–Crippen LogP) is 16.6. The number of aryl methyl sites for hydroxylation is 2. The molecule has 3 nitrogen and oxygen atoms in total. The highest BCUT2D eigenvalue weighted by atomic mass is 16.5. The molecule has 0 N–H and O–H groups in total. The van der Waals surface area contributed by atoms with E-state index in [1.165, 1.54) is 155 Å². The number of ether oxygens (including phenoxy) is 3. The van der Waals surface area contributed by atoms with Crippen LogP contribution in [0, 0.1) is 0 Å². The molecule has 312 valence electrons. The topological polar surface area (TPSA) is 27.7 Å². The monoisotopic (exact) mass is 775 g/mol. The first-order chi connectivity index (χ1) is 28.2. The van der Waals surface area contributed by atoms with Gasteiger partial charge in [0.15, 0.2) is 0 Å². The Balaban J connectivity index is 1.16. The third-order valence-electron chi connectivity index (χ3n) is 11.3. The van der Waals surface area contributed by atoms with Crippen molar-refractivity contribution in [2.45, 2.75) is 175 Å². The number of hydrogen-bond acceptors (Lipinski definition) is 3. The maximum absolute atomic E-state index is 6.29. The van der Waals surface area contributed by atoms with Gasteiger partial charge in [-0.3, -0.25) is 0 Å². The van der Waals surface area contributed by atoms with Gasteiger partial charge in [-0.2, -0.15) is 0 Å². The van der Waals surface area contributed by atoms with Gasteiger partial charge in [0.05, 0.1) is 19.8 Å². The third-order valence-corrected chi connectivity index (χ3v) is 11.3. The van der Waals surface area contributed by atoms with Crippen molar-refractivity contribution in [3.05, 3.63) is 102 Å². The Labute approximate surface area is 349 Å². The fourth-order valence-electron chi connectivity index (χ4n) is 7.61. The first-order valence-electron chi connectivity index (χ1n) is 23.5. The normalized spacial score (nSPS) is 11.2. The van der Waals surface area contributed by atoms with Gasteiger partial charge >= 0.3 is 0 Å². The number of hydrogen-bond donors (Lipinski definition) is 0. The van der Waals surface area contributed by atoms with Crippen LogP contribution in [0.1, 0.15) is 173 Å². The van der Waals surface area contributed by atoms with E-state index in [1.54, 1.807) is 0 Å². The van der Waals surface area contributed by atoms with E-state index in [2.05, 4.69) is 112 Å². The van der Waals surface area contributed by atoms with Gasteiger partial charge in [-0.1, -0.05) is 191 Å². The summed E-state index contributed by atoms with van der Waals surface area (Å²) in [6.45, 7) is 9.16. The summed E-state index contributed by atoms with van der Waals surface area (Å²) in [7, 11) is 0. The molecule has 57 heavy (non-hydrogen) atoms. The summed E-state index contributed by atoms with van der Waals surface area (Å²) >= 11 is 0. The van der Waals surface area contributed by atoms with Crippen LogP contribution in [0.3, 0.4) is 0 Å². The van der Waals surface area contributed by atoms with E-state index in [4.69, 9.17) is 14.2 Å². The van der Waals surface area contributed by atoms with Crippen LogP contribution in [-0.4, -0.2) is 19.8 Å². The Morgan fingerprint density at radius 2 is 0.596 bits per heavy atom. The van der Waals surface area contributed by atoms with Crippen LogP contribution in [0.2, 0.25) is 0 Å². The standard InChI is InChI=1S/C54H78O3/c1-4-7-10-13-18-23-40-55-52-38-36-49(37-39-52)48-32-28-46(29-33-48)26-21-16-17-22-27-47-30-34-50(35-31-47)51-43-53(56-41-24-19-14-11-8-5-2)45-54(44-51)57-42-25-20-15-12-9-6-3/h28-39,43-45H,4-27,40-42H2,1-3H3. The zero-order chi connectivity index (χ0) is 40.0. The molecular weight excluding hydrogens is 697 g/mol. The molecule has 0 aliphatic carbocycles. The predicted molar refractivity (Wildman–Crippen MR) is 246 cm³/mol. The second-order valence-electron chi connectivity index (χ2n) is 16.4. The molecule has 0 spiro atoms. The SMILES string of the molecule is CCCCCCCCOc1ccc(-c2ccc(CCCCCCc3ccc(-c4cc(OCCCCCCCC)cc(OCCCCCCCC)c4)cc3)cc2)cc1. The Bertz CT molecular complexity index is 1520. The lowest BCUT2D eigenvalue weighted by molar-refractivity contribution is 0.290. The van der Waals surface area contributed by atoms with Crippen molar-refractivity contribution in [1.29, 1.82) is 0 Å². The Morgan fingerprint density at radius 1 is 0.281 bits per heavy atom. The smallest absolute Gasteiger partial charge is 0.123 e. The highest BCUT2D eigenvalue weighted by Gasteiger charge is 2.08. The van der Waals surface area contributed by atoms with Crippen LogP contribution in [-0.2, 0) is 12.8 Å². The number of unbranched alkanes of at least 4 members (excludes halogenated alkanes) is 18. The van der Waals surface area contributed by atoms with Crippen molar-refractivity contribution >= 4 is 0 Å². The first kappa shape index (κ1) is 46.0. The number of benzene rings is 4. The van der Waals surface area contributed by atoms with Gasteiger partial charge in [0, 0.05) is 6.07 Å². The van der Waals surface area contributed by atoms with Gasteiger partial charge < -0.3 is 14.2 Å². The first-order valence-corrected chi connectivity index (χ1v) is 23.5. The summed E-state index contributed by atoms with van der Waals surface area (Å²) in [5, 5.41) is 0. The number of rotatable bonds is 33. The van der Waals surface area contributed by atoms with Gasteiger partial charge in [-0.25, -0.2) is 0 Å². The Morgan fingerprint density at radius 3 is 1.00 bits per heavy atom. The molecule has 0 amide bonds. The average Bonchev–Trinajstić information content (AvgIpc) is 3.24. The molecule has 0 atom stereocenters. The van der Waals surface area contributed by atoms with E-state index >= 15 is 0 Å². The molecular formula is C54H78O3. The van der Waals surface area contributed by atoms with E-state index in [0.717, 1.165) is 69.2 Å². The molecule has 0 heterocycles. The van der Waals surface area contributed by atoms with Crippen molar-refractivity contribution in [1.82, 2.24) is 0 Å². The van der Waals surface area contributed by atoms with Crippen LogP contribution in [0.4, 0.5) is 0 Å². The van der Waals surface area contributed by atoms with E-state index in [-0.39, 0.29) is 0 Å². The fourth-order valence-corrected chi connectivity index (χ4v) is 7.61. The minimum Gasteiger partial charge on any atom is -0.494 e. The quantitative estimate of drug-likeness (QED) is 0.0451. The van der Waals surface area contributed by atoms with Crippen molar-refractivity contribution in [2.75, 3.05) is 19.8 Å². The van der Waals surface area contributed by atoms with Crippen molar-refractivity contribution < 1.29 is 14.2 Å². The third kappa shape index (κ3) is 19.5. The lowest BCUT2D eigenvalue weighted by Crippen LogP contribution is -2.01. The zero-order valence-electron chi connectivity index (χ0n) is 36.5. The summed E-state index contributed by atoms with van der Waals surface area (Å²) in [4.78, 5) is 0. The van der Waals surface area contributed by atoms with E-state index in [0.29, 0.717) is 0 Å². The van der Waals surface area contributed by atoms with Crippen LogP contribution < -0.4 is 14.2 Å². The molecule has 0 aromatic heterocycles. The van der Waals surface area contributed by atoms with Crippen LogP contribution >= 0.6 is 0 Å². The van der Waals surface area contributed by atoms with Crippen LogP contribution in [0.5, 0.6) is 17.2 Å². The lowest BCUT2D eigenvalue weighted by Gasteiger charge is -2.13. The maximum atomic E-state index is 6.29. The Kier molecular flexibility index (Phi) is 23.8. The second-order valence-corrected chi connectivity index (χ2v) is 16.4. The molecule has 0 saturated heterocycles. The molecule has 0 radical (unpaired) electrons. The molecule has 4 aromatic carbocycles. The molecule has 0 aliphatic heterocycles. The molecule has 4 aromatic rings. The summed E-state index contributed by atoms with van der Waals surface area (Å²) in [6, 6.07) is 33.4. The van der Waals surface area contributed by atoms with Gasteiger partial charge in [0.1, 0.15) is 17.2 Å². The summed E-state index contributed by atoms with van der Waals surface area (Å²) in [5.74, 6) is 2.83. The van der Waals surface area contributed by atoms with Gasteiger partial charge in [-0.05, 0) is 103 Å². The molecule has 0 saturated carbocycles. The second kappa shape index (κ2) is 29.5. The van der Waals surface area contributed by atoms with E-state index in [1.807, 2.05) is 0 Å². The van der Waals surface area contributed by atoms with Crippen LogP contribution in [0.25, 0.3) is 22.3 Å². The zero-order valence-corrected chi connectivity index (χ0v) is 36.5. The average molecular weight is 775 g/mol. The largest absolute Gasteiger partial charge is 0.494 e. The minimum absolute atomic E-state index is 0.766. The molecule has 0 fully saturated rings. The van der Waals surface area contributed by atoms with E-state index in [9.17, 15) is 0 Å². The molecule has 3 heteroatoms. The highest BCUT2D eigenvalue weighted by molar-refractivity contribution is 5.68. The Hall–Kier alpha value is -3.72. The van der Waals surface area contributed by atoms with Crippen molar-refractivity contribution in [3.63, 3.8) is 0 Å². The minimum atomic E-state index is 0.766. The van der Waals surface area contributed by atoms with E-state index < -0.39 is 0 Å². The van der Waals surface area contributed by atoms with Gasteiger partial charge in [0.25, 0.3) is 0 Å². The van der Waals surface area contributed by atoms with Crippen molar-refractivity contribution in [3.8, 4) is 39.5 Å².